The summed E-state index contributed by atoms with van der Waals surface area (Å²) in [6.45, 7) is 0. The second kappa shape index (κ2) is 6.66. The topological polar surface area (TPSA) is 102 Å². The fourth-order valence-electron chi connectivity index (χ4n) is 1.30. The third-order valence-corrected chi connectivity index (χ3v) is 3.28. The molecule has 0 spiro atoms. The number of tetrazole rings is 1. The van der Waals surface area contributed by atoms with Gasteiger partial charge in [-0.25, -0.2) is 4.68 Å². The van der Waals surface area contributed by atoms with Crippen LogP contribution in [0, 0.1) is 0 Å². The maximum atomic E-state index is 11.7. The molecule has 0 radical (unpaired) electrons. The quantitative estimate of drug-likeness (QED) is 0.596. The number of benzene rings is 1. The number of nitrogens with zero attached hydrogens (tertiary/aromatic N) is 4. The molecule has 0 unspecified atom stereocenters. The van der Waals surface area contributed by atoms with Crippen LogP contribution in [0.2, 0.25) is 0 Å². The molecule has 1 aromatic heterocycles. The first-order valence-electron chi connectivity index (χ1n) is 5.66. The van der Waals surface area contributed by atoms with Crippen molar-refractivity contribution in [3.05, 3.63) is 35.9 Å². The number of carbonyl (C=O) groups excluding carboxylic acids is 2. The highest BCUT2D eigenvalue weighted by Gasteiger charge is 2.09. The molecular formula is C11H12N6O2S. The summed E-state index contributed by atoms with van der Waals surface area (Å²) in [4.78, 5) is 23.2. The standard InChI is InChI=1S/C11H12N6O2S/c1-17-11(14-15-16-17)20-7-9(18)12-13-10(19)8-5-3-2-4-6-8/h2-6H,7H2,1H3,(H,12,18)(H,13,19). The lowest BCUT2D eigenvalue weighted by molar-refractivity contribution is -0.119. The summed E-state index contributed by atoms with van der Waals surface area (Å²) in [5.74, 6) is -0.616. The van der Waals surface area contributed by atoms with E-state index in [1.54, 1.807) is 37.4 Å². The molecule has 20 heavy (non-hydrogen) atoms. The van der Waals surface area contributed by atoms with Crippen molar-refractivity contribution >= 4 is 23.6 Å². The highest BCUT2D eigenvalue weighted by atomic mass is 32.2. The van der Waals surface area contributed by atoms with E-state index >= 15 is 0 Å². The third-order valence-electron chi connectivity index (χ3n) is 2.27. The highest BCUT2D eigenvalue weighted by molar-refractivity contribution is 7.99. The zero-order chi connectivity index (χ0) is 14.4. The number of carbonyl (C=O) groups is 2. The van der Waals surface area contributed by atoms with Gasteiger partial charge in [0.05, 0.1) is 5.75 Å². The lowest BCUT2D eigenvalue weighted by atomic mass is 10.2. The number of nitrogens with one attached hydrogen (secondary N) is 2. The van der Waals surface area contributed by atoms with Gasteiger partial charge in [0.15, 0.2) is 0 Å². The summed E-state index contributed by atoms with van der Waals surface area (Å²) in [6.07, 6.45) is 0. The smallest absolute Gasteiger partial charge is 0.269 e. The first kappa shape index (κ1) is 14.0. The molecule has 104 valence electrons. The summed E-state index contributed by atoms with van der Waals surface area (Å²) >= 11 is 1.17. The Kier molecular flexibility index (Phi) is 4.66. The highest BCUT2D eigenvalue weighted by Crippen LogP contribution is 2.10. The number of aryl methyl sites for hydroxylation is 1. The normalized spacial score (nSPS) is 10.1. The Labute approximate surface area is 118 Å². The van der Waals surface area contributed by atoms with Gasteiger partial charge in [-0.15, -0.1) is 5.10 Å². The molecule has 0 aliphatic carbocycles. The first-order valence-corrected chi connectivity index (χ1v) is 6.65. The molecule has 9 heteroatoms. The molecule has 2 amide bonds. The van der Waals surface area contributed by atoms with Crippen LogP contribution in [0.25, 0.3) is 0 Å². The summed E-state index contributed by atoms with van der Waals surface area (Å²) in [6, 6.07) is 8.60. The van der Waals surface area contributed by atoms with Crippen LogP contribution in [0.15, 0.2) is 35.5 Å². The Balaban J connectivity index is 1.75. The molecule has 2 rings (SSSR count). The van der Waals surface area contributed by atoms with Crippen LogP contribution in [0.3, 0.4) is 0 Å². The van der Waals surface area contributed by atoms with Crippen LogP contribution < -0.4 is 10.9 Å². The Hall–Kier alpha value is -2.42. The zero-order valence-electron chi connectivity index (χ0n) is 10.6. The molecule has 2 N–H and O–H groups in total. The Morgan fingerprint density at radius 3 is 2.65 bits per heavy atom. The minimum absolute atomic E-state index is 0.100. The third kappa shape index (κ3) is 3.79. The van der Waals surface area contributed by atoms with Crippen LogP contribution in [0.5, 0.6) is 0 Å². The van der Waals surface area contributed by atoms with E-state index < -0.39 is 0 Å². The van der Waals surface area contributed by atoms with Crippen molar-refractivity contribution in [1.82, 2.24) is 31.1 Å². The molecule has 0 bridgehead atoms. The maximum Gasteiger partial charge on any atom is 0.269 e. The summed E-state index contributed by atoms with van der Waals surface area (Å²) in [5, 5.41) is 11.3. The average molecular weight is 292 g/mol. The molecule has 0 saturated carbocycles. The molecule has 0 aliphatic heterocycles. The van der Waals surface area contributed by atoms with Gasteiger partial charge >= 0.3 is 0 Å². The molecule has 0 fully saturated rings. The van der Waals surface area contributed by atoms with Crippen LogP contribution >= 0.6 is 11.8 Å². The van der Waals surface area contributed by atoms with Crippen LogP contribution in [0.4, 0.5) is 0 Å². The number of hydrazine groups is 1. The van der Waals surface area contributed by atoms with Crippen molar-refractivity contribution in [3.63, 3.8) is 0 Å². The van der Waals surface area contributed by atoms with Crippen molar-refractivity contribution in [2.24, 2.45) is 7.05 Å². The predicted molar refractivity (Wildman–Crippen MR) is 71.6 cm³/mol. The van der Waals surface area contributed by atoms with E-state index in [-0.39, 0.29) is 17.6 Å². The van der Waals surface area contributed by atoms with Crippen molar-refractivity contribution < 1.29 is 9.59 Å². The van der Waals surface area contributed by atoms with Gasteiger partial charge in [-0.1, -0.05) is 30.0 Å². The second-order valence-electron chi connectivity index (χ2n) is 3.74. The fraction of sp³-hybridized carbons (Fsp3) is 0.182. The fourth-order valence-corrected chi connectivity index (χ4v) is 1.95. The van der Waals surface area contributed by atoms with E-state index in [0.717, 1.165) is 0 Å². The van der Waals surface area contributed by atoms with E-state index in [2.05, 4.69) is 26.4 Å². The van der Waals surface area contributed by atoms with Crippen LogP contribution in [-0.4, -0.2) is 37.8 Å². The van der Waals surface area contributed by atoms with Crippen molar-refractivity contribution in [2.45, 2.75) is 5.16 Å². The molecule has 2 aromatic rings. The average Bonchev–Trinajstić information content (AvgIpc) is 2.89. The monoisotopic (exact) mass is 292 g/mol. The van der Waals surface area contributed by atoms with Gasteiger partial charge in [-0.05, 0) is 22.6 Å². The predicted octanol–water partition coefficient (Wildman–Crippen LogP) is -0.237. The lowest BCUT2D eigenvalue weighted by Crippen LogP contribution is -2.42. The molecule has 0 aliphatic rings. The van der Waals surface area contributed by atoms with E-state index in [1.165, 1.54) is 16.4 Å². The largest absolute Gasteiger partial charge is 0.272 e. The molecule has 0 atom stereocenters. The van der Waals surface area contributed by atoms with Gasteiger partial charge in [0.1, 0.15) is 0 Å². The molecular weight excluding hydrogens is 280 g/mol. The Bertz CT molecular complexity index is 600. The van der Waals surface area contributed by atoms with E-state index in [4.69, 9.17) is 0 Å². The number of hydrogen-bond donors (Lipinski definition) is 2. The SMILES string of the molecule is Cn1nnnc1SCC(=O)NNC(=O)c1ccccc1. The first-order chi connectivity index (χ1) is 9.66. The Morgan fingerprint density at radius 1 is 1.25 bits per heavy atom. The van der Waals surface area contributed by atoms with E-state index in [0.29, 0.717) is 10.7 Å². The molecule has 1 aromatic carbocycles. The van der Waals surface area contributed by atoms with Gasteiger partial charge in [-0.3, -0.25) is 20.4 Å². The van der Waals surface area contributed by atoms with Gasteiger partial charge in [-0.2, -0.15) is 0 Å². The lowest BCUT2D eigenvalue weighted by Gasteiger charge is -2.06. The maximum absolute atomic E-state index is 11.7. The van der Waals surface area contributed by atoms with Crippen LogP contribution in [0.1, 0.15) is 10.4 Å². The number of hydrogen-bond acceptors (Lipinski definition) is 6. The second-order valence-corrected chi connectivity index (χ2v) is 4.68. The van der Waals surface area contributed by atoms with Crippen molar-refractivity contribution in [3.8, 4) is 0 Å². The van der Waals surface area contributed by atoms with E-state index in [9.17, 15) is 9.59 Å². The Morgan fingerprint density at radius 2 is 2.00 bits per heavy atom. The summed E-state index contributed by atoms with van der Waals surface area (Å²) in [5.41, 5.74) is 5.13. The summed E-state index contributed by atoms with van der Waals surface area (Å²) in [7, 11) is 1.68. The van der Waals surface area contributed by atoms with Crippen molar-refractivity contribution in [2.75, 3.05) is 5.75 Å². The number of aromatic nitrogens is 4. The summed E-state index contributed by atoms with van der Waals surface area (Å²) < 4.78 is 1.46. The van der Waals surface area contributed by atoms with E-state index in [1.807, 2.05) is 0 Å². The molecule has 0 saturated heterocycles. The number of thioether (sulfide) groups is 1. The molecule has 8 nitrogen and oxygen atoms in total. The van der Waals surface area contributed by atoms with Gasteiger partial charge < -0.3 is 0 Å². The van der Waals surface area contributed by atoms with Crippen molar-refractivity contribution in [1.29, 1.82) is 0 Å². The zero-order valence-corrected chi connectivity index (χ0v) is 11.4. The number of amides is 2. The minimum Gasteiger partial charge on any atom is -0.272 e. The minimum atomic E-state index is -0.371. The van der Waals surface area contributed by atoms with Gasteiger partial charge in [0, 0.05) is 12.6 Å². The van der Waals surface area contributed by atoms with Gasteiger partial charge in [0.2, 0.25) is 11.1 Å². The van der Waals surface area contributed by atoms with Gasteiger partial charge in [0.25, 0.3) is 5.91 Å². The van der Waals surface area contributed by atoms with Crippen LogP contribution in [-0.2, 0) is 11.8 Å². The molecule has 1 heterocycles. The number of rotatable bonds is 4.